The number of aromatic nitrogens is 4. The summed E-state index contributed by atoms with van der Waals surface area (Å²) in [5, 5.41) is 9.46. The molecule has 2 N–H and O–H groups in total. The third-order valence-electron chi connectivity index (χ3n) is 4.65. The van der Waals surface area contributed by atoms with E-state index >= 15 is 0 Å². The van der Waals surface area contributed by atoms with Gasteiger partial charge < -0.3 is 10.3 Å². The van der Waals surface area contributed by atoms with Gasteiger partial charge in [-0.25, -0.2) is 0 Å². The third-order valence-corrected chi connectivity index (χ3v) is 4.65. The van der Waals surface area contributed by atoms with E-state index in [9.17, 15) is 0 Å². The van der Waals surface area contributed by atoms with Gasteiger partial charge in [0.15, 0.2) is 0 Å². The fourth-order valence-corrected chi connectivity index (χ4v) is 3.37. The van der Waals surface area contributed by atoms with Crippen LogP contribution in [0, 0.1) is 6.92 Å². The van der Waals surface area contributed by atoms with Crippen LogP contribution in [0.3, 0.4) is 0 Å². The van der Waals surface area contributed by atoms with E-state index in [1.165, 1.54) is 27.6 Å². The van der Waals surface area contributed by atoms with Gasteiger partial charge in [-0.05, 0) is 49.2 Å². The molecule has 0 amide bonds. The van der Waals surface area contributed by atoms with E-state index in [1.54, 1.807) is 6.20 Å². The number of aryl methyl sites for hydroxylation is 2. The molecule has 3 heterocycles. The van der Waals surface area contributed by atoms with Crippen molar-refractivity contribution in [3.63, 3.8) is 0 Å². The number of benzene rings is 1. The van der Waals surface area contributed by atoms with Crippen molar-refractivity contribution in [1.82, 2.24) is 25.1 Å². The van der Waals surface area contributed by atoms with Gasteiger partial charge in [-0.15, -0.1) is 0 Å². The second kappa shape index (κ2) is 7.14. The van der Waals surface area contributed by atoms with Crippen molar-refractivity contribution in [3.8, 4) is 11.3 Å². The summed E-state index contributed by atoms with van der Waals surface area (Å²) in [5.74, 6) is 0. The molecule has 0 fully saturated rings. The Morgan fingerprint density at radius 2 is 2.12 bits per heavy atom. The molecule has 0 atom stereocenters. The van der Waals surface area contributed by atoms with Crippen molar-refractivity contribution in [2.75, 3.05) is 6.54 Å². The molecule has 0 saturated carbocycles. The summed E-state index contributed by atoms with van der Waals surface area (Å²) >= 11 is 0. The first-order valence-electron chi connectivity index (χ1n) is 8.91. The lowest BCUT2D eigenvalue weighted by molar-refractivity contribution is 0.687. The van der Waals surface area contributed by atoms with Crippen molar-refractivity contribution in [1.29, 1.82) is 0 Å². The highest BCUT2D eigenvalue weighted by atomic mass is 15.3. The van der Waals surface area contributed by atoms with Gasteiger partial charge >= 0.3 is 0 Å². The largest absolute Gasteiger partial charge is 0.361 e. The molecule has 1 aromatic carbocycles. The molecule has 0 aliphatic heterocycles. The van der Waals surface area contributed by atoms with Crippen molar-refractivity contribution in [3.05, 3.63) is 71.8 Å². The highest BCUT2D eigenvalue weighted by molar-refractivity contribution is 5.83. The molecular formula is C21H23N5. The number of hydrogen-bond donors (Lipinski definition) is 2. The Morgan fingerprint density at radius 3 is 2.96 bits per heavy atom. The number of hydrogen-bond acceptors (Lipinski definition) is 3. The molecule has 5 heteroatoms. The quantitative estimate of drug-likeness (QED) is 0.525. The normalized spacial score (nSPS) is 11.3. The molecule has 0 spiro atoms. The van der Waals surface area contributed by atoms with E-state index in [-0.39, 0.29) is 0 Å². The van der Waals surface area contributed by atoms with Gasteiger partial charge in [-0.3, -0.25) is 9.67 Å². The summed E-state index contributed by atoms with van der Waals surface area (Å²) in [5.41, 5.74) is 7.09. The van der Waals surface area contributed by atoms with Crippen molar-refractivity contribution in [2.45, 2.75) is 19.9 Å². The van der Waals surface area contributed by atoms with Gasteiger partial charge in [-0.1, -0.05) is 12.1 Å². The zero-order valence-corrected chi connectivity index (χ0v) is 15.2. The first-order valence-corrected chi connectivity index (χ1v) is 8.91. The Balaban J connectivity index is 1.41. The fraction of sp³-hybridized carbons (Fsp3) is 0.238. The third kappa shape index (κ3) is 3.39. The van der Waals surface area contributed by atoms with Crippen LogP contribution >= 0.6 is 0 Å². The monoisotopic (exact) mass is 345 g/mol. The smallest absolute Gasteiger partial charge is 0.0983 e. The van der Waals surface area contributed by atoms with Gasteiger partial charge in [0.2, 0.25) is 0 Å². The van der Waals surface area contributed by atoms with Gasteiger partial charge in [0.25, 0.3) is 0 Å². The molecule has 4 aromatic rings. The van der Waals surface area contributed by atoms with E-state index in [4.69, 9.17) is 0 Å². The van der Waals surface area contributed by atoms with Gasteiger partial charge in [0.05, 0.1) is 5.69 Å². The van der Waals surface area contributed by atoms with Crippen LogP contribution in [0.4, 0.5) is 0 Å². The highest BCUT2D eigenvalue weighted by Crippen LogP contribution is 2.21. The lowest BCUT2D eigenvalue weighted by Crippen LogP contribution is -2.16. The number of pyridine rings is 1. The van der Waals surface area contributed by atoms with E-state index in [0.29, 0.717) is 0 Å². The maximum atomic E-state index is 4.59. The van der Waals surface area contributed by atoms with Crippen molar-refractivity contribution >= 4 is 10.9 Å². The number of rotatable bonds is 6. The average Bonchev–Trinajstić information content (AvgIpc) is 3.22. The number of fused-ring (bicyclic) bond motifs is 1. The zero-order valence-electron chi connectivity index (χ0n) is 15.2. The number of nitrogens with one attached hydrogen (secondary N) is 2. The maximum absolute atomic E-state index is 4.59. The van der Waals surface area contributed by atoms with Crippen molar-refractivity contribution < 1.29 is 0 Å². The Kier molecular flexibility index (Phi) is 4.54. The molecule has 0 unspecified atom stereocenters. The minimum Gasteiger partial charge on any atom is -0.361 e. The molecule has 4 rings (SSSR count). The molecule has 0 saturated heterocycles. The molecule has 0 aliphatic rings. The van der Waals surface area contributed by atoms with Crippen LogP contribution in [0.2, 0.25) is 0 Å². The van der Waals surface area contributed by atoms with E-state index in [2.05, 4.69) is 57.9 Å². The summed E-state index contributed by atoms with van der Waals surface area (Å²) in [6.07, 6.45) is 8.83. The van der Waals surface area contributed by atoms with E-state index in [1.807, 2.05) is 30.1 Å². The van der Waals surface area contributed by atoms with Crippen LogP contribution in [-0.4, -0.2) is 26.3 Å². The summed E-state index contributed by atoms with van der Waals surface area (Å²) in [4.78, 5) is 7.58. The van der Waals surface area contributed by atoms with Crippen LogP contribution in [0.1, 0.15) is 16.7 Å². The molecule has 26 heavy (non-hydrogen) atoms. The summed E-state index contributed by atoms with van der Waals surface area (Å²) in [6, 6.07) is 10.6. The number of nitrogens with zero attached hydrogens (tertiary/aromatic N) is 3. The SMILES string of the molecule is Cc1ccc2c(CCNCc3cn(C)nc3-c3cccnc3)c[nH]c2c1. The molecule has 0 radical (unpaired) electrons. The summed E-state index contributed by atoms with van der Waals surface area (Å²) in [7, 11) is 1.96. The van der Waals surface area contributed by atoms with Gasteiger partial charge in [0.1, 0.15) is 0 Å². The topological polar surface area (TPSA) is 58.5 Å². The summed E-state index contributed by atoms with van der Waals surface area (Å²) < 4.78 is 1.86. The fourth-order valence-electron chi connectivity index (χ4n) is 3.37. The van der Waals surface area contributed by atoms with Crippen LogP contribution < -0.4 is 5.32 Å². The second-order valence-corrected chi connectivity index (χ2v) is 6.71. The Bertz CT molecular complexity index is 1010. The maximum Gasteiger partial charge on any atom is 0.0983 e. The van der Waals surface area contributed by atoms with E-state index in [0.717, 1.165) is 30.8 Å². The van der Waals surface area contributed by atoms with Crippen LogP contribution in [-0.2, 0) is 20.0 Å². The predicted molar refractivity (Wildman–Crippen MR) is 105 cm³/mol. The molecule has 132 valence electrons. The molecule has 0 bridgehead atoms. The Hall–Kier alpha value is -2.92. The molecule has 3 aromatic heterocycles. The minimum atomic E-state index is 0.791. The zero-order chi connectivity index (χ0) is 17.9. The average molecular weight is 345 g/mol. The van der Waals surface area contributed by atoms with Crippen molar-refractivity contribution in [2.24, 2.45) is 7.05 Å². The first kappa shape index (κ1) is 16.5. The highest BCUT2D eigenvalue weighted by Gasteiger charge is 2.10. The standard InChI is InChI=1S/C21H23N5/c1-15-5-6-19-16(13-24-20(19)10-15)7-9-23-12-18-14-26(2)25-21(18)17-4-3-8-22-11-17/h3-6,8,10-11,13-14,23-24H,7,9,12H2,1-2H3. The molecule has 0 aliphatic carbocycles. The minimum absolute atomic E-state index is 0.791. The van der Waals surface area contributed by atoms with Crippen LogP contribution in [0.15, 0.2) is 55.1 Å². The number of H-pyrrole nitrogens is 1. The van der Waals surface area contributed by atoms with Crippen LogP contribution in [0.5, 0.6) is 0 Å². The number of aromatic amines is 1. The Morgan fingerprint density at radius 1 is 1.19 bits per heavy atom. The summed E-state index contributed by atoms with van der Waals surface area (Å²) in [6.45, 7) is 3.83. The van der Waals surface area contributed by atoms with Crippen LogP contribution in [0.25, 0.3) is 22.2 Å². The van der Waals surface area contributed by atoms with Gasteiger partial charge in [-0.2, -0.15) is 5.10 Å². The lowest BCUT2D eigenvalue weighted by atomic mass is 10.1. The lowest BCUT2D eigenvalue weighted by Gasteiger charge is -2.05. The molecule has 5 nitrogen and oxygen atoms in total. The predicted octanol–water partition coefficient (Wildman–Crippen LogP) is 3.60. The molecular weight excluding hydrogens is 322 g/mol. The van der Waals surface area contributed by atoms with Gasteiger partial charge in [0, 0.05) is 60.4 Å². The Labute approximate surface area is 153 Å². The second-order valence-electron chi connectivity index (χ2n) is 6.71. The van der Waals surface area contributed by atoms with E-state index < -0.39 is 0 Å². The first-order chi connectivity index (χ1) is 12.7.